The van der Waals surface area contributed by atoms with Crippen LogP contribution >= 0.6 is 0 Å². The van der Waals surface area contributed by atoms with Crippen LogP contribution < -0.4 is 20.5 Å². The van der Waals surface area contributed by atoms with Crippen molar-refractivity contribution < 1.29 is 29.3 Å². The van der Waals surface area contributed by atoms with E-state index in [2.05, 4.69) is 15.2 Å². The monoisotopic (exact) mass is 573 g/mol. The average Bonchev–Trinajstić information content (AvgIpc) is 3.42. The molecule has 0 saturated carbocycles. The molecule has 2 aromatic heterocycles. The molecule has 5 rings (SSSR count). The van der Waals surface area contributed by atoms with Gasteiger partial charge in [-0.05, 0) is 67.7 Å². The first-order valence-electron chi connectivity index (χ1n) is 14.0. The first kappa shape index (κ1) is 29.1. The van der Waals surface area contributed by atoms with E-state index >= 15 is 0 Å². The fourth-order valence-electron chi connectivity index (χ4n) is 5.26. The van der Waals surface area contributed by atoms with Crippen LogP contribution in [0.4, 0.5) is 10.6 Å². The number of carbonyl (C=O) groups excluding carboxylic acids is 2. The Morgan fingerprint density at radius 3 is 2.50 bits per heavy atom. The van der Waals surface area contributed by atoms with E-state index in [4.69, 9.17) is 20.3 Å². The Morgan fingerprint density at radius 1 is 1.00 bits per heavy atom. The first-order valence-corrected chi connectivity index (χ1v) is 14.0. The summed E-state index contributed by atoms with van der Waals surface area (Å²) < 4.78 is 13.0. The lowest BCUT2D eigenvalue weighted by molar-refractivity contribution is 0.102. The van der Waals surface area contributed by atoms with Crippen molar-refractivity contribution in [1.29, 1.82) is 0 Å². The van der Waals surface area contributed by atoms with E-state index < -0.39 is 6.03 Å². The molecule has 3 heterocycles. The van der Waals surface area contributed by atoms with Gasteiger partial charge in [0.15, 0.2) is 0 Å². The number of anilines is 1. The van der Waals surface area contributed by atoms with Crippen LogP contribution in [0, 0.1) is 0 Å². The molecule has 4 aromatic rings. The molecule has 5 N–H and O–H groups in total. The summed E-state index contributed by atoms with van der Waals surface area (Å²) in [6.07, 6.45) is 5.20. The number of pyridine rings is 1. The standard InChI is InChI=1S/C31H35N5O6/c32-31(40)36-12-8-24-17-25(28(19-27(24)36)41-16-15-38)20-42-26-5-9-33-29(18-26)34-30(39)23-3-1-21(2-4-23)22-6-10-35(11-7-22)13-14-37/h1-5,8-9,12,17-19,22,37-38H,6-7,10-11,13-16,20H2,(H2,32,40)(H,33,34,39). The number of hydrogen-bond acceptors (Lipinski definition) is 8. The third-order valence-electron chi connectivity index (χ3n) is 7.47. The number of aliphatic hydroxyl groups excluding tert-OH is 2. The zero-order valence-electron chi connectivity index (χ0n) is 23.2. The van der Waals surface area contributed by atoms with Crippen LogP contribution in [0.3, 0.4) is 0 Å². The molecule has 0 spiro atoms. The van der Waals surface area contributed by atoms with Crippen molar-refractivity contribution in [2.24, 2.45) is 5.73 Å². The number of hydrogen-bond donors (Lipinski definition) is 4. The molecule has 1 aliphatic rings. The number of benzene rings is 2. The Balaban J connectivity index is 1.22. The van der Waals surface area contributed by atoms with Crippen LogP contribution in [0.2, 0.25) is 0 Å². The maximum Gasteiger partial charge on any atom is 0.323 e. The predicted molar refractivity (Wildman–Crippen MR) is 158 cm³/mol. The number of aromatic nitrogens is 2. The van der Waals surface area contributed by atoms with Gasteiger partial charge >= 0.3 is 6.03 Å². The van der Waals surface area contributed by atoms with E-state index in [0.717, 1.165) is 37.9 Å². The van der Waals surface area contributed by atoms with Crippen LogP contribution in [0.5, 0.6) is 11.5 Å². The van der Waals surface area contributed by atoms with E-state index in [-0.39, 0.29) is 32.3 Å². The normalized spacial score (nSPS) is 14.1. The number of primary amides is 1. The number of amides is 2. The molecule has 0 radical (unpaired) electrons. The zero-order chi connectivity index (χ0) is 29.5. The highest BCUT2D eigenvalue weighted by Crippen LogP contribution is 2.30. The third-order valence-corrected chi connectivity index (χ3v) is 7.47. The van der Waals surface area contributed by atoms with E-state index in [1.165, 1.54) is 10.1 Å². The molecule has 1 saturated heterocycles. The summed E-state index contributed by atoms with van der Waals surface area (Å²) in [6.45, 7) is 2.87. The predicted octanol–water partition coefficient (Wildman–Crippen LogP) is 3.34. The number of piperidine rings is 1. The number of ether oxygens (including phenoxy) is 2. The number of likely N-dealkylation sites (tertiary alicyclic amines) is 1. The van der Waals surface area contributed by atoms with Crippen molar-refractivity contribution in [3.63, 3.8) is 0 Å². The Morgan fingerprint density at radius 2 is 1.79 bits per heavy atom. The van der Waals surface area contributed by atoms with E-state index in [1.54, 1.807) is 36.7 Å². The van der Waals surface area contributed by atoms with Crippen molar-refractivity contribution in [2.45, 2.75) is 25.4 Å². The quantitative estimate of drug-likeness (QED) is 0.213. The van der Waals surface area contributed by atoms with Gasteiger partial charge in [-0.2, -0.15) is 0 Å². The lowest BCUT2D eigenvalue weighted by atomic mass is 9.89. The minimum Gasteiger partial charge on any atom is -0.491 e. The summed E-state index contributed by atoms with van der Waals surface area (Å²) in [5.41, 5.74) is 8.51. The number of rotatable bonds is 11. The Bertz CT molecular complexity index is 1530. The van der Waals surface area contributed by atoms with E-state index in [1.807, 2.05) is 30.3 Å². The molecule has 0 atom stereocenters. The summed E-state index contributed by atoms with van der Waals surface area (Å²) in [6, 6.07) is 15.7. The largest absolute Gasteiger partial charge is 0.491 e. The number of carbonyl (C=O) groups is 2. The second-order valence-corrected chi connectivity index (χ2v) is 10.2. The lowest BCUT2D eigenvalue weighted by Gasteiger charge is -2.31. The average molecular weight is 574 g/mol. The number of aliphatic hydroxyl groups is 2. The van der Waals surface area contributed by atoms with Gasteiger partial charge in [0.1, 0.15) is 30.5 Å². The molecular formula is C31H35N5O6. The van der Waals surface area contributed by atoms with Crippen LogP contribution in [0.1, 0.15) is 40.2 Å². The maximum absolute atomic E-state index is 12.9. The fourth-order valence-corrected chi connectivity index (χ4v) is 5.26. The molecule has 220 valence electrons. The highest BCUT2D eigenvalue weighted by Gasteiger charge is 2.20. The molecule has 11 heteroatoms. The number of nitrogens with one attached hydrogen (secondary N) is 1. The second kappa shape index (κ2) is 13.5. The second-order valence-electron chi connectivity index (χ2n) is 10.2. The van der Waals surface area contributed by atoms with Crippen molar-refractivity contribution in [1.82, 2.24) is 14.5 Å². The summed E-state index contributed by atoms with van der Waals surface area (Å²) in [5, 5.41) is 22.0. The molecule has 0 aliphatic carbocycles. The summed E-state index contributed by atoms with van der Waals surface area (Å²) in [5.74, 6) is 1.48. The molecule has 2 aromatic carbocycles. The Labute approximate surface area is 243 Å². The van der Waals surface area contributed by atoms with Crippen LogP contribution in [0.15, 0.2) is 67.0 Å². The number of fused-ring (bicyclic) bond motifs is 1. The van der Waals surface area contributed by atoms with Gasteiger partial charge < -0.3 is 35.6 Å². The fraction of sp³-hybridized carbons (Fsp3) is 0.323. The third kappa shape index (κ3) is 6.88. The number of nitrogens with zero attached hydrogens (tertiary/aromatic N) is 3. The molecule has 11 nitrogen and oxygen atoms in total. The summed E-state index contributed by atoms with van der Waals surface area (Å²) >= 11 is 0. The van der Waals surface area contributed by atoms with Gasteiger partial charge in [-0.15, -0.1) is 0 Å². The molecule has 1 aliphatic heterocycles. The smallest absolute Gasteiger partial charge is 0.323 e. The van der Waals surface area contributed by atoms with Gasteiger partial charge in [0.25, 0.3) is 5.91 Å². The molecule has 0 unspecified atom stereocenters. The number of β-amino-alcohol motifs (C(OH)–C–C–N with tert-alkyl or cyclic N) is 1. The van der Waals surface area contributed by atoms with Gasteiger partial charge in [0, 0.05) is 47.6 Å². The Kier molecular flexibility index (Phi) is 9.32. The minimum absolute atomic E-state index is 0.0755. The van der Waals surface area contributed by atoms with Gasteiger partial charge in [0.05, 0.1) is 18.7 Å². The molecule has 42 heavy (non-hydrogen) atoms. The van der Waals surface area contributed by atoms with Crippen LogP contribution in [-0.4, -0.2) is 76.1 Å². The highest BCUT2D eigenvalue weighted by atomic mass is 16.5. The summed E-state index contributed by atoms with van der Waals surface area (Å²) in [7, 11) is 0. The van der Waals surface area contributed by atoms with Crippen molar-refractivity contribution in [2.75, 3.05) is 44.8 Å². The van der Waals surface area contributed by atoms with Gasteiger partial charge in [-0.3, -0.25) is 9.36 Å². The topological polar surface area (TPSA) is 152 Å². The molecule has 2 amide bonds. The van der Waals surface area contributed by atoms with E-state index in [9.17, 15) is 14.7 Å². The van der Waals surface area contributed by atoms with Crippen LogP contribution in [-0.2, 0) is 6.61 Å². The van der Waals surface area contributed by atoms with Crippen molar-refractivity contribution in [3.8, 4) is 11.5 Å². The van der Waals surface area contributed by atoms with Gasteiger partial charge in [-0.1, -0.05) is 12.1 Å². The molecule has 1 fully saturated rings. The SMILES string of the molecule is NC(=O)n1ccc2cc(COc3ccnc(NC(=O)c4ccc(C5CCN(CCO)CC5)cc4)c3)c(OCCO)cc21. The number of nitrogens with two attached hydrogens (primary N) is 1. The van der Waals surface area contributed by atoms with Crippen LogP contribution in [0.25, 0.3) is 10.9 Å². The minimum atomic E-state index is -0.611. The zero-order valence-corrected chi connectivity index (χ0v) is 23.2. The first-order chi connectivity index (χ1) is 20.4. The highest BCUT2D eigenvalue weighted by molar-refractivity contribution is 6.03. The van der Waals surface area contributed by atoms with E-state index in [0.29, 0.717) is 39.9 Å². The van der Waals surface area contributed by atoms with Crippen molar-refractivity contribution >= 4 is 28.7 Å². The molecule has 0 bridgehead atoms. The van der Waals surface area contributed by atoms with Crippen molar-refractivity contribution in [3.05, 3.63) is 83.7 Å². The lowest BCUT2D eigenvalue weighted by Crippen LogP contribution is -2.34. The Hall–Kier alpha value is -4.45. The van der Waals surface area contributed by atoms with Gasteiger partial charge in [0.2, 0.25) is 0 Å². The maximum atomic E-state index is 12.9. The van der Waals surface area contributed by atoms with Gasteiger partial charge in [-0.25, -0.2) is 9.78 Å². The summed E-state index contributed by atoms with van der Waals surface area (Å²) in [4.78, 5) is 31.2. The molecular weight excluding hydrogens is 538 g/mol.